The van der Waals surface area contributed by atoms with Crippen LogP contribution >= 0.6 is 0 Å². The molecule has 0 N–H and O–H groups in total. The van der Waals surface area contributed by atoms with E-state index in [9.17, 15) is 9.59 Å². The Morgan fingerprint density at radius 2 is 1.76 bits per heavy atom. The second-order valence-electron chi connectivity index (χ2n) is 7.67. The number of carbonyl (C=O) groups is 2. The van der Waals surface area contributed by atoms with Crippen LogP contribution in [0, 0.1) is 0 Å². The predicted molar refractivity (Wildman–Crippen MR) is 110 cm³/mol. The SMILES string of the molecule is CC(C)Oc1ccc(C2=C(N3CCCC3)C(=O)N(Cc3cccnc3)C2=O)cc1. The van der Waals surface area contributed by atoms with Crippen LogP contribution in [0.4, 0.5) is 0 Å². The van der Waals surface area contributed by atoms with Crippen molar-refractivity contribution in [3.8, 4) is 5.75 Å². The quantitative estimate of drug-likeness (QED) is 0.708. The van der Waals surface area contributed by atoms with Crippen molar-refractivity contribution in [1.82, 2.24) is 14.8 Å². The number of amides is 2. The maximum Gasteiger partial charge on any atom is 0.278 e. The highest BCUT2D eigenvalue weighted by Crippen LogP contribution is 2.34. The number of likely N-dealkylation sites (tertiary alicyclic amines) is 1. The van der Waals surface area contributed by atoms with Crippen LogP contribution in [0.5, 0.6) is 5.75 Å². The van der Waals surface area contributed by atoms with E-state index in [1.54, 1.807) is 12.4 Å². The molecule has 0 radical (unpaired) electrons. The van der Waals surface area contributed by atoms with Gasteiger partial charge in [0, 0.05) is 25.5 Å². The lowest BCUT2D eigenvalue weighted by atomic mass is 10.0. The van der Waals surface area contributed by atoms with E-state index in [1.165, 1.54) is 4.90 Å². The Hall–Kier alpha value is -3.15. The van der Waals surface area contributed by atoms with Crippen LogP contribution in [0.15, 0.2) is 54.5 Å². The van der Waals surface area contributed by atoms with Crippen LogP contribution in [0.2, 0.25) is 0 Å². The fourth-order valence-corrected chi connectivity index (χ4v) is 3.85. The minimum Gasteiger partial charge on any atom is -0.491 e. The summed E-state index contributed by atoms with van der Waals surface area (Å²) in [6.45, 7) is 5.76. The van der Waals surface area contributed by atoms with E-state index in [2.05, 4.69) is 9.88 Å². The van der Waals surface area contributed by atoms with Gasteiger partial charge in [-0.2, -0.15) is 0 Å². The highest BCUT2D eigenvalue weighted by Gasteiger charge is 2.42. The van der Waals surface area contributed by atoms with E-state index < -0.39 is 0 Å². The molecule has 0 bridgehead atoms. The first kappa shape index (κ1) is 19.2. The molecule has 0 aliphatic carbocycles. The zero-order chi connectivity index (χ0) is 20.4. The highest BCUT2D eigenvalue weighted by atomic mass is 16.5. The Kier molecular flexibility index (Phi) is 5.34. The van der Waals surface area contributed by atoms with Gasteiger partial charge >= 0.3 is 0 Å². The average molecular weight is 391 g/mol. The molecule has 2 aromatic rings. The molecule has 6 nitrogen and oxygen atoms in total. The van der Waals surface area contributed by atoms with E-state index in [-0.39, 0.29) is 24.5 Å². The van der Waals surface area contributed by atoms with Crippen molar-refractivity contribution in [2.75, 3.05) is 13.1 Å². The van der Waals surface area contributed by atoms with E-state index in [4.69, 9.17) is 4.74 Å². The van der Waals surface area contributed by atoms with Gasteiger partial charge in [0.1, 0.15) is 11.4 Å². The maximum absolute atomic E-state index is 13.3. The van der Waals surface area contributed by atoms with E-state index in [1.807, 2.05) is 50.2 Å². The first-order valence-corrected chi connectivity index (χ1v) is 10.1. The number of rotatable bonds is 6. The van der Waals surface area contributed by atoms with Gasteiger partial charge in [-0.05, 0) is 56.0 Å². The summed E-state index contributed by atoms with van der Waals surface area (Å²) in [4.78, 5) is 34.1. The molecule has 0 atom stereocenters. The molecule has 1 aromatic carbocycles. The molecule has 3 heterocycles. The van der Waals surface area contributed by atoms with E-state index in [0.29, 0.717) is 11.3 Å². The van der Waals surface area contributed by atoms with Crippen LogP contribution in [-0.4, -0.2) is 45.8 Å². The van der Waals surface area contributed by atoms with Crippen molar-refractivity contribution < 1.29 is 14.3 Å². The molecule has 1 aromatic heterocycles. The third kappa shape index (κ3) is 3.88. The topological polar surface area (TPSA) is 62.7 Å². The summed E-state index contributed by atoms with van der Waals surface area (Å²) >= 11 is 0. The van der Waals surface area contributed by atoms with Crippen molar-refractivity contribution in [3.63, 3.8) is 0 Å². The summed E-state index contributed by atoms with van der Waals surface area (Å²) in [5.41, 5.74) is 2.58. The van der Waals surface area contributed by atoms with Gasteiger partial charge in [-0.25, -0.2) is 0 Å². The summed E-state index contributed by atoms with van der Waals surface area (Å²) in [5, 5.41) is 0. The van der Waals surface area contributed by atoms with Crippen molar-refractivity contribution >= 4 is 17.4 Å². The molecule has 0 saturated carbocycles. The normalized spacial score (nSPS) is 17.1. The van der Waals surface area contributed by atoms with E-state index in [0.717, 1.165) is 42.8 Å². The summed E-state index contributed by atoms with van der Waals surface area (Å²) in [7, 11) is 0. The number of imide groups is 1. The number of nitrogens with zero attached hydrogens (tertiary/aromatic N) is 3. The molecule has 4 rings (SSSR count). The largest absolute Gasteiger partial charge is 0.491 e. The molecule has 6 heteroatoms. The van der Waals surface area contributed by atoms with Crippen LogP contribution in [0.1, 0.15) is 37.8 Å². The molecule has 150 valence electrons. The third-order valence-electron chi connectivity index (χ3n) is 5.14. The number of ether oxygens (including phenoxy) is 1. The minimum absolute atomic E-state index is 0.0740. The fraction of sp³-hybridized carbons (Fsp3) is 0.348. The van der Waals surface area contributed by atoms with Gasteiger partial charge in [-0.1, -0.05) is 18.2 Å². The lowest BCUT2D eigenvalue weighted by Crippen LogP contribution is -2.34. The van der Waals surface area contributed by atoms with Crippen molar-refractivity contribution in [3.05, 3.63) is 65.6 Å². The number of hydrogen-bond acceptors (Lipinski definition) is 5. The Morgan fingerprint density at radius 3 is 2.38 bits per heavy atom. The summed E-state index contributed by atoms with van der Waals surface area (Å²) in [5.74, 6) is 0.271. The molecule has 2 amide bonds. The Bertz CT molecular complexity index is 930. The maximum atomic E-state index is 13.3. The lowest BCUT2D eigenvalue weighted by molar-refractivity contribution is -0.138. The Labute approximate surface area is 170 Å². The molecule has 1 fully saturated rings. The zero-order valence-corrected chi connectivity index (χ0v) is 16.8. The monoisotopic (exact) mass is 391 g/mol. The molecule has 2 aliphatic rings. The van der Waals surface area contributed by atoms with Gasteiger partial charge in [-0.3, -0.25) is 19.5 Å². The molecular weight excluding hydrogens is 366 g/mol. The average Bonchev–Trinajstić information content (AvgIpc) is 3.32. The van der Waals surface area contributed by atoms with Crippen LogP contribution in [0.3, 0.4) is 0 Å². The van der Waals surface area contributed by atoms with Crippen LogP contribution < -0.4 is 4.74 Å². The highest BCUT2D eigenvalue weighted by molar-refractivity contribution is 6.35. The van der Waals surface area contributed by atoms with Gasteiger partial charge < -0.3 is 9.64 Å². The predicted octanol–water partition coefficient (Wildman–Crippen LogP) is 3.24. The summed E-state index contributed by atoms with van der Waals surface area (Å²) in [6.07, 6.45) is 5.50. The fourth-order valence-electron chi connectivity index (χ4n) is 3.85. The second-order valence-corrected chi connectivity index (χ2v) is 7.67. The number of carbonyl (C=O) groups excluding carboxylic acids is 2. The number of benzene rings is 1. The minimum atomic E-state index is -0.252. The summed E-state index contributed by atoms with van der Waals surface area (Å²) in [6, 6.07) is 11.1. The van der Waals surface area contributed by atoms with Crippen LogP contribution in [0.25, 0.3) is 5.57 Å². The molecule has 2 aliphatic heterocycles. The van der Waals surface area contributed by atoms with Gasteiger partial charge in [-0.15, -0.1) is 0 Å². The standard InChI is InChI=1S/C23H25N3O3/c1-16(2)29-19-9-7-18(8-10-19)20-21(25-12-3-4-13-25)23(28)26(22(20)27)15-17-6-5-11-24-14-17/h5-11,14,16H,3-4,12-13,15H2,1-2H3. The second kappa shape index (κ2) is 8.07. The molecule has 0 spiro atoms. The van der Waals surface area contributed by atoms with Crippen molar-refractivity contribution in [2.45, 2.75) is 39.3 Å². The summed E-state index contributed by atoms with van der Waals surface area (Å²) < 4.78 is 5.71. The van der Waals surface area contributed by atoms with Crippen LogP contribution in [-0.2, 0) is 16.1 Å². The van der Waals surface area contributed by atoms with Gasteiger partial charge in [0.2, 0.25) is 0 Å². The lowest BCUT2D eigenvalue weighted by Gasteiger charge is -2.20. The molecule has 1 saturated heterocycles. The van der Waals surface area contributed by atoms with Gasteiger partial charge in [0.05, 0.1) is 18.2 Å². The Morgan fingerprint density at radius 1 is 1.03 bits per heavy atom. The first-order valence-electron chi connectivity index (χ1n) is 10.1. The van der Waals surface area contributed by atoms with Crippen molar-refractivity contribution in [2.24, 2.45) is 0 Å². The van der Waals surface area contributed by atoms with Gasteiger partial charge in [0.15, 0.2) is 0 Å². The van der Waals surface area contributed by atoms with E-state index >= 15 is 0 Å². The third-order valence-corrected chi connectivity index (χ3v) is 5.14. The molecule has 0 unspecified atom stereocenters. The van der Waals surface area contributed by atoms with Crippen molar-refractivity contribution in [1.29, 1.82) is 0 Å². The number of hydrogen-bond donors (Lipinski definition) is 0. The Balaban J connectivity index is 1.69. The molecule has 29 heavy (non-hydrogen) atoms. The number of pyridine rings is 1. The molecular formula is C23H25N3O3. The smallest absolute Gasteiger partial charge is 0.278 e. The number of aromatic nitrogens is 1. The van der Waals surface area contributed by atoms with Gasteiger partial charge in [0.25, 0.3) is 11.8 Å². The first-order chi connectivity index (χ1) is 14.0. The zero-order valence-electron chi connectivity index (χ0n) is 16.8.